The summed E-state index contributed by atoms with van der Waals surface area (Å²) < 4.78 is 5.44. The summed E-state index contributed by atoms with van der Waals surface area (Å²) in [4.78, 5) is 11.5. The Morgan fingerprint density at radius 3 is 2.58 bits per heavy atom. The summed E-state index contributed by atoms with van der Waals surface area (Å²) in [5, 5.41) is 1.67. The van der Waals surface area contributed by atoms with Crippen molar-refractivity contribution in [1.29, 1.82) is 0 Å². The largest absolute Gasteiger partial charge is 0.496 e. The molecule has 4 heteroatoms. The third-order valence-electron chi connectivity index (χ3n) is 2.90. The molecule has 1 aromatic carbocycles. The van der Waals surface area contributed by atoms with E-state index in [2.05, 4.69) is 24.5 Å². The zero-order valence-electron chi connectivity index (χ0n) is 12.5. The van der Waals surface area contributed by atoms with Gasteiger partial charge in [0, 0.05) is 20.5 Å². The molecule has 0 fully saturated rings. The van der Waals surface area contributed by atoms with Gasteiger partial charge in [0.2, 0.25) is 5.91 Å². The van der Waals surface area contributed by atoms with Gasteiger partial charge in [-0.15, -0.1) is 0 Å². The van der Waals surface area contributed by atoms with E-state index in [9.17, 15) is 4.79 Å². The molecule has 0 spiro atoms. The van der Waals surface area contributed by atoms with Crippen LogP contribution in [0.3, 0.4) is 0 Å². The van der Waals surface area contributed by atoms with Crippen LogP contribution in [0.2, 0.25) is 0 Å². The lowest BCUT2D eigenvalue weighted by Gasteiger charge is -2.14. The highest BCUT2D eigenvalue weighted by Gasteiger charge is 2.09. The molecule has 0 saturated carbocycles. The molecule has 19 heavy (non-hydrogen) atoms. The van der Waals surface area contributed by atoms with Crippen molar-refractivity contribution in [2.75, 3.05) is 21.2 Å². The molecule has 0 unspecified atom stereocenters. The van der Waals surface area contributed by atoms with Crippen LogP contribution < -0.4 is 10.2 Å². The zero-order valence-corrected chi connectivity index (χ0v) is 12.5. The van der Waals surface area contributed by atoms with Gasteiger partial charge < -0.3 is 4.74 Å². The molecule has 0 radical (unpaired) electrons. The molecule has 0 atom stereocenters. The van der Waals surface area contributed by atoms with E-state index in [4.69, 9.17) is 4.74 Å². The Balaban J connectivity index is 2.60. The van der Waals surface area contributed by atoms with Crippen molar-refractivity contribution in [3.8, 4) is 5.75 Å². The summed E-state index contributed by atoms with van der Waals surface area (Å²) in [5.41, 5.74) is 6.30. The second kappa shape index (κ2) is 7.14. The normalized spacial score (nSPS) is 10.6. The lowest BCUT2D eigenvalue weighted by atomic mass is 10.0. The molecule has 0 aromatic heterocycles. The number of amides is 1. The van der Waals surface area contributed by atoms with E-state index in [1.54, 1.807) is 12.1 Å². The van der Waals surface area contributed by atoms with Crippen LogP contribution in [0.5, 0.6) is 5.75 Å². The predicted molar refractivity (Wildman–Crippen MR) is 77.2 cm³/mol. The van der Waals surface area contributed by atoms with Crippen LogP contribution in [-0.2, 0) is 11.2 Å². The van der Waals surface area contributed by atoms with Crippen LogP contribution in [0.25, 0.3) is 0 Å². The Morgan fingerprint density at radius 1 is 1.32 bits per heavy atom. The Hall–Kier alpha value is -1.55. The van der Waals surface area contributed by atoms with Crippen molar-refractivity contribution in [1.82, 2.24) is 10.4 Å². The fourth-order valence-electron chi connectivity index (χ4n) is 2.26. The number of hydrogen-bond donors (Lipinski definition) is 1. The third-order valence-corrected chi connectivity index (χ3v) is 2.90. The Bertz CT molecular complexity index is 442. The first-order valence-electron chi connectivity index (χ1n) is 6.55. The monoisotopic (exact) mass is 264 g/mol. The molecule has 1 aromatic rings. The smallest absolute Gasteiger partial charge is 0.234 e. The highest BCUT2D eigenvalue weighted by atomic mass is 16.5. The van der Waals surface area contributed by atoms with Crippen molar-refractivity contribution in [3.05, 3.63) is 28.8 Å². The maximum absolute atomic E-state index is 11.5. The standard InChI is InChI=1S/C15H24N2O2/c1-11-9-12(2)15(19-5)13(10-11)7-6-8-14(18)16-17(3)4/h9-10H,6-8H2,1-5H3,(H,16,18). The summed E-state index contributed by atoms with van der Waals surface area (Å²) >= 11 is 0. The molecule has 0 aliphatic carbocycles. The number of benzene rings is 1. The minimum absolute atomic E-state index is 0.0494. The topological polar surface area (TPSA) is 41.6 Å². The van der Waals surface area contributed by atoms with Crippen molar-refractivity contribution >= 4 is 5.91 Å². The number of hydrogen-bond acceptors (Lipinski definition) is 3. The van der Waals surface area contributed by atoms with Gasteiger partial charge in [-0.3, -0.25) is 10.2 Å². The summed E-state index contributed by atoms with van der Waals surface area (Å²) in [5.74, 6) is 0.993. The first-order valence-corrected chi connectivity index (χ1v) is 6.55. The Labute approximate surface area is 115 Å². The molecule has 0 aliphatic rings. The van der Waals surface area contributed by atoms with E-state index in [0.717, 1.165) is 24.2 Å². The van der Waals surface area contributed by atoms with Crippen LogP contribution in [-0.4, -0.2) is 32.1 Å². The van der Waals surface area contributed by atoms with E-state index in [0.29, 0.717) is 6.42 Å². The number of nitrogens with one attached hydrogen (secondary N) is 1. The maximum atomic E-state index is 11.5. The number of aryl methyl sites for hydroxylation is 3. The van der Waals surface area contributed by atoms with Gasteiger partial charge in [-0.1, -0.05) is 17.7 Å². The highest BCUT2D eigenvalue weighted by Crippen LogP contribution is 2.26. The summed E-state index contributed by atoms with van der Waals surface area (Å²) in [6.45, 7) is 4.13. The van der Waals surface area contributed by atoms with E-state index in [1.807, 2.05) is 21.0 Å². The molecule has 106 valence electrons. The molecule has 1 amide bonds. The quantitative estimate of drug-likeness (QED) is 0.801. The van der Waals surface area contributed by atoms with Gasteiger partial charge in [-0.05, 0) is 37.8 Å². The average Bonchev–Trinajstić information content (AvgIpc) is 2.27. The zero-order chi connectivity index (χ0) is 14.4. The van der Waals surface area contributed by atoms with E-state index >= 15 is 0 Å². The van der Waals surface area contributed by atoms with Crippen LogP contribution in [0.15, 0.2) is 12.1 Å². The molecule has 4 nitrogen and oxygen atoms in total. The number of rotatable bonds is 6. The molecule has 1 N–H and O–H groups in total. The number of methoxy groups -OCH3 is 1. The van der Waals surface area contributed by atoms with Crippen LogP contribution in [0, 0.1) is 13.8 Å². The number of ether oxygens (including phenoxy) is 1. The van der Waals surface area contributed by atoms with E-state index in [1.165, 1.54) is 11.1 Å². The first kappa shape index (κ1) is 15.5. The second-order valence-corrected chi connectivity index (χ2v) is 5.06. The van der Waals surface area contributed by atoms with Gasteiger partial charge in [-0.2, -0.15) is 0 Å². The van der Waals surface area contributed by atoms with E-state index < -0.39 is 0 Å². The van der Waals surface area contributed by atoms with E-state index in [-0.39, 0.29) is 5.91 Å². The fourth-order valence-corrected chi connectivity index (χ4v) is 2.26. The van der Waals surface area contributed by atoms with Crippen LogP contribution in [0.1, 0.15) is 29.5 Å². The molecular weight excluding hydrogens is 240 g/mol. The molecule has 0 saturated heterocycles. The third kappa shape index (κ3) is 4.91. The second-order valence-electron chi connectivity index (χ2n) is 5.06. The molecule has 0 aliphatic heterocycles. The molecule has 0 bridgehead atoms. The van der Waals surface area contributed by atoms with Crippen LogP contribution in [0.4, 0.5) is 0 Å². The predicted octanol–water partition coefficient (Wildman–Crippen LogP) is 2.23. The number of carbonyl (C=O) groups excluding carboxylic acids is 1. The van der Waals surface area contributed by atoms with Gasteiger partial charge >= 0.3 is 0 Å². The Morgan fingerprint density at radius 2 is 2.00 bits per heavy atom. The minimum atomic E-state index is 0.0494. The van der Waals surface area contributed by atoms with Gasteiger partial charge in [0.15, 0.2) is 0 Å². The SMILES string of the molecule is COc1c(C)cc(C)cc1CCCC(=O)NN(C)C. The molecule has 1 rings (SSSR count). The van der Waals surface area contributed by atoms with Crippen molar-refractivity contribution in [2.24, 2.45) is 0 Å². The average molecular weight is 264 g/mol. The van der Waals surface area contributed by atoms with Gasteiger partial charge in [0.05, 0.1) is 7.11 Å². The number of carbonyl (C=O) groups is 1. The fraction of sp³-hybridized carbons (Fsp3) is 0.533. The maximum Gasteiger partial charge on any atom is 0.234 e. The van der Waals surface area contributed by atoms with Gasteiger partial charge in [0.25, 0.3) is 0 Å². The minimum Gasteiger partial charge on any atom is -0.496 e. The lowest BCUT2D eigenvalue weighted by molar-refractivity contribution is -0.124. The van der Waals surface area contributed by atoms with Crippen molar-refractivity contribution in [3.63, 3.8) is 0 Å². The summed E-state index contributed by atoms with van der Waals surface area (Å²) in [7, 11) is 5.32. The van der Waals surface area contributed by atoms with Gasteiger partial charge in [0.1, 0.15) is 5.75 Å². The summed E-state index contributed by atoms with van der Waals surface area (Å²) in [6.07, 6.45) is 2.19. The first-order chi connectivity index (χ1) is 8.93. The molecular formula is C15H24N2O2. The van der Waals surface area contributed by atoms with Crippen molar-refractivity contribution in [2.45, 2.75) is 33.1 Å². The lowest BCUT2D eigenvalue weighted by Crippen LogP contribution is -2.35. The van der Waals surface area contributed by atoms with Crippen molar-refractivity contribution < 1.29 is 9.53 Å². The van der Waals surface area contributed by atoms with Gasteiger partial charge in [-0.25, -0.2) is 5.01 Å². The summed E-state index contributed by atoms with van der Waals surface area (Å²) in [6, 6.07) is 4.25. The Kier molecular flexibility index (Phi) is 5.83. The number of nitrogens with zero attached hydrogens (tertiary/aromatic N) is 1. The molecule has 0 heterocycles. The highest BCUT2D eigenvalue weighted by molar-refractivity contribution is 5.75. The number of hydrazine groups is 1. The van der Waals surface area contributed by atoms with Crippen LogP contribution >= 0.6 is 0 Å².